The maximum absolute atomic E-state index is 11.8. The molecule has 1 aromatic rings. The highest BCUT2D eigenvalue weighted by molar-refractivity contribution is 5.93. The van der Waals surface area contributed by atoms with E-state index in [0.717, 1.165) is 5.69 Å². The Morgan fingerprint density at radius 1 is 1.37 bits per heavy atom. The molecule has 0 saturated carbocycles. The second-order valence-corrected chi connectivity index (χ2v) is 4.93. The van der Waals surface area contributed by atoms with E-state index in [2.05, 4.69) is 20.8 Å². The summed E-state index contributed by atoms with van der Waals surface area (Å²) >= 11 is 0. The summed E-state index contributed by atoms with van der Waals surface area (Å²) < 4.78 is 0. The Labute approximate surface area is 111 Å². The number of hydrogen-bond donors (Lipinski definition) is 4. The molecule has 0 aromatic carbocycles. The Morgan fingerprint density at radius 3 is 2.42 bits per heavy atom. The summed E-state index contributed by atoms with van der Waals surface area (Å²) in [7, 11) is 0. The molecule has 0 radical (unpaired) electrons. The van der Waals surface area contributed by atoms with E-state index in [1.165, 1.54) is 0 Å². The van der Waals surface area contributed by atoms with Gasteiger partial charge in [-0.3, -0.25) is 5.10 Å². The van der Waals surface area contributed by atoms with Crippen LogP contribution in [0.2, 0.25) is 0 Å². The van der Waals surface area contributed by atoms with Crippen molar-refractivity contribution in [3.8, 4) is 0 Å². The van der Waals surface area contributed by atoms with Crippen LogP contribution in [0.4, 0.5) is 10.5 Å². The zero-order valence-electron chi connectivity index (χ0n) is 11.6. The fourth-order valence-corrected chi connectivity index (χ4v) is 1.74. The molecule has 1 rings (SSSR count). The van der Waals surface area contributed by atoms with E-state index in [9.17, 15) is 9.59 Å². The predicted molar refractivity (Wildman–Crippen MR) is 71.1 cm³/mol. The van der Waals surface area contributed by atoms with Gasteiger partial charge in [0, 0.05) is 0 Å². The fraction of sp³-hybridized carbons (Fsp3) is 0.583. The first-order valence-electron chi connectivity index (χ1n) is 6.13. The first kappa shape index (κ1) is 15.0. The third kappa shape index (κ3) is 4.27. The Hall–Kier alpha value is -2.05. The van der Waals surface area contributed by atoms with Crippen molar-refractivity contribution in [2.45, 2.75) is 40.2 Å². The number of amides is 2. The lowest BCUT2D eigenvalue weighted by molar-refractivity contribution is -0.139. The SMILES string of the molecule is Cc1n[nH]c(C)c1NC(=O)N[C@H](CC(C)C)C(=O)O. The van der Waals surface area contributed by atoms with E-state index in [1.807, 2.05) is 13.8 Å². The number of nitrogens with one attached hydrogen (secondary N) is 3. The highest BCUT2D eigenvalue weighted by atomic mass is 16.4. The van der Waals surface area contributed by atoms with Crippen molar-refractivity contribution >= 4 is 17.7 Å². The fourth-order valence-electron chi connectivity index (χ4n) is 1.74. The average molecular weight is 268 g/mol. The number of carbonyl (C=O) groups excluding carboxylic acids is 1. The molecule has 0 saturated heterocycles. The van der Waals surface area contributed by atoms with E-state index >= 15 is 0 Å². The highest BCUT2D eigenvalue weighted by Crippen LogP contribution is 2.15. The van der Waals surface area contributed by atoms with Crippen molar-refractivity contribution in [3.63, 3.8) is 0 Å². The summed E-state index contributed by atoms with van der Waals surface area (Å²) in [5.74, 6) is -0.858. The molecule has 0 aliphatic heterocycles. The zero-order valence-corrected chi connectivity index (χ0v) is 11.6. The van der Waals surface area contributed by atoms with Crippen LogP contribution in [0.5, 0.6) is 0 Å². The predicted octanol–water partition coefficient (Wildman–Crippen LogP) is 1.65. The van der Waals surface area contributed by atoms with Crippen LogP contribution < -0.4 is 10.6 Å². The molecule has 1 heterocycles. The van der Waals surface area contributed by atoms with E-state index in [-0.39, 0.29) is 5.92 Å². The van der Waals surface area contributed by atoms with Gasteiger partial charge in [-0.25, -0.2) is 9.59 Å². The van der Waals surface area contributed by atoms with Gasteiger partial charge in [-0.05, 0) is 26.2 Å². The number of urea groups is 1. The first-order chi connectivity index (χ1) is 8.81. The molecule has 0 aliphatic carbocycles. The summed E-state index contributed by atoms with van der Waals surface area (Å²) in [6.07, 6.45) is 0.381. The summed E-state index contributed by atoms with van der Waals surface area (Å²) in [5, 5.41) is 20.8. The lowest BCUT2D eigenvalue weighted by Crippen LogP contribution is -2.43. The van der Waals surface area contributed by atoms with Crippen molar-refractivity contribution < 1.29 is 14.7 Å². The summed E-state index contributed by atoms with van der Waals surface area (Å²) in [5.41, 5.74) is 1.96. The second-order valence-electron chi connectivity index (χ2n) is 4.93. The van der Waals surface area contributed by atoms with Crippen molar-refractivity contribution in [2.75, 3.05) is 5.32 Å². The number of aryl methyl sites for hydroxylation is 2. The molecule has 0 spiro atoms. The summed E-state index contributed by atoms with van der Waals surface area (Å²) in [4.78, 5) is 22.8. The number of carbonyl (C=O) groups is 2. The monoisotopic (exact) mass is 268 g/mol. The third-order valence-corrected chi connectivity index (χ3v) is 2.68. The summed E-state index contributed by atoms with van der Waals surface area (Å²) in [6.45, 7) is 7.33. The molecule has 1 atom stereocenters. The normalized spacial score (nSPS) is 12.3. The number of nitrogens with zero attached hydrogens (tertiary/aromatic N) is 1. The minimum Gasteiger partial charge on any atom is -0.480 e. The molecular weight excluding hydrogens is 248 g/mol. The topological polar surface area (TPSA) is 107 Å². The van der Waals surface area contributed by atoms with Crippen LogP contribution in [0, 0.1) is 19.8 Å². The maximum Gasteiger partial charge on any atom is 0.326 e. The van der Waals surface area contributed by atoms with Crippen molar-refractivity contribution in [1.82, 2.24) is 15.5 Å². The highest BCUT2D eigenvalue weighted by Gasteiger charge is 2.21. The summed E-state index contributed by atoms with van der Waals surface area (Å²) in [6, 6.07) is -1.44. The largest absolute Gasteiger partial charge is 0.480 e. The number of H-pyrrole nitrogens is 1. The van der Waals surface area contributed by atoms with Crippen LogP contribution in [0.3, 0.4) is 0 Å². The van der Waals surface area contributed by atoms with E-state index in [4.69, 9.17) is 5.11 Å². The Balaban J connectivity index is 2.65. The van der Waals surface area contributed by atoms with Gasteiger partial charge in [-0.15, -0.1) is 0 Å². The van der Waals surface area contributed by atoms with E-state index < -0.39 is 18.0 Å². The van der Waals surface area contributed by atoms with Crippen molar-refractivity contribution in [2.24, 2.45) is 5.92 Å². The number of rotatable bonds is 5. The van der Waals surface area contributed by atoms with Gasteiger partial charge in [0.15, 0.2) is 0 Å². The Kier molecular flexibility index (Phi) is 4.91. The number of aliphatic carboxylic acids is 1. The number of aromatic nitrogens is 2. The van der Waals surface area contributed by atoms with Gasteiger partial charge in [0.25, 0.3) is 0 Å². The first-order valence-corrected chi connectivity index (χ1v) is 6.13. The van der Waals surface area contributed by atoms with E-state index in [0.29, 0.717) is 17.8 Å². The molecule has 7 heteroatoms. The molecular formula is C12H20N4O3. The Morgan fingerprint density at radius 2 is 2.00 bits per heavy atom. The molecule has 0 unspecified atom stereocenters. The van der Waals surface area contributed by atoms with Crippen molar-refractivity contribution in [3.05, 3.63) is 11.4 Å². The van der Waals surface area contributed by atoms with Crippen molar-refractivity contribution in [1.29, 1.82) is 0 Å². The number of carboxylic acid groups (broad SMARTS) is 1. The molecule has 1 aromatic heterocycles. The van der Waals surface area contributed by atoms with Gasteiger partial charge in [0.2, 0.25) is 0 Å². The van der Waals surface area contributed by atoms with Gasteiger partial charge in [-0.2, -0.15) is 5.10 Å². The van der Waals surface area contributed by atoms with Crippen LogP contribution >= 0.6 is 0 Å². The molecule has 4 N–H and O–H groups in total. The zero-order chi connectivity index (χ0) is 14.6. The third-order valence-electron chi connectivity index (χ3n) is 2.68. The van der Waals surface area contributed by atoms with Crippen LogP contribution in [-0.4, -0.2) is 33.3 Å². The molecule has 2 amide bonds. The van der Waals surface area contributed by atoms with Gasteiger partial charge in [0.05, 0.1) is 17.1 Å². The standard InChI is InChI=1S/C12H20N4O3/c1-6(2)5-9(11(17)18)13-12(19)14-10-7(3)15-16-8(10)4/h6,9H,5H2,1-4H3,(H,15,16)(H,17,18)(H2,13,14,19)/t9-/m1/s1. The molecule has 0 fully saturated rings. The van der Waals surface area contributed by atoms with E-state index in [1.54, 1.807) is 13.8 Å². The molecule has 0 bridgehead atoms. The number of carboxylic acids is 1. The van der Waals surface area contributed by atoms with Gasteiger partial charge >= 0.3 is 12.0 Å². The Bertz CT molecular complexity index is 448. The lowest BCUT2D eigenvalue weighted by Gasteiger charge is -2.16. The minimum atomic E-state index is -1.04. The van der Waals surface area contributed by atoms with Crippen LogP contribution in [0.15, 0.2) is 0 Å². The molecule has 106 valence electrons. The van der Waals surface area contributed by atoms with Gasteiger partial charge in [-0.1, -0.05) is 13.8 Å². The van der Waals surface area contributed by atoms with Crippen LogP contribution in [0.25, 0.3) is 0 Å². The number of anilines is 1. The quantitative estimate of drug-likeness (QED) is 0.651. The molecule has 7 nitrogen and oxygen atoms in total. The second kappa shape index (κ2) is 6.21. The maximum atomic E-state index is 11.8. The van der Waals surface area contributed by atoms with Crippen LogP contribution in [0.1, 0.15) is 31.7 Å². The lowest BCUT2D eigenvalue weighted by atomic mass is 10.0. The van der Waals surface area contributed by atoms with Crippen LogP contribution in [-0.2, 0) is 4.79 Å². The number of hydrogen-bond acceptors (Lipinski definition) is 3. The minimum absolute atomic E-state index is 0.179. The number of aromatic amines is 1. The molecule has 19 heavy (non-hydrogen) atoms. The average Bonchev–Trinajstić information content (AvgIpc) is 2.59. The van der Waals surface area contributed by atoms with Gasteiger partial charge < -0.3 is 15.7 Å². The smallest absolute Gasteiger partial charge is 0.326 e. The van der Waals surface area contributed by atoms with Gasteiger partial charge in [0.1, 0.15) is 6.04 Å². The molecule has 0 aliphatic rings.